The third-order valence-corrected chi connectivity index (χ3v) is 4.86. The molecule has 0 saturated carbocycles. The van der Waals surface area contributed by atoms with Crippen molar-refractivity contribution < 1.29 is 9.59 Å². The molecule has 0 fully saturated rings. The van der Waals surface area contributed by atoms with E-state index in [9.17, 15) is 9.59 Å². The Hall–Kier alpha value is -2.10. The van der Waals surface area contributed by atoms with Crippen LogP contribution in [0.2, 0.25) is 0 Å². The molecule has 1 heterocycles. The summed E-state index contributed by atoms with van der Waals surface area (Å²) in [6.45, 7) is 6.49. The zero-order valence-electron chi connectivity index (χ0n) is 15.5. The van der Waals surface area contributed by atoms with Crippen molar-refractivity contribution in [1.29, 1.82) is 0 Å². The van der Waals surface area contributed by atoms with Gasteiger partial charge in [0.05, 0.1) is 0 Å². The van der Waals surface area contributed by atoms with Gasteiger partial charge in [-0.05, 0) is 64.5 Å². The second-order valence-electron chi connectivity index (χ2n) is 8.09. The highest BCUT2D eigenvalue weighted by molar-refractivity contribution is 6.04. The van der Waals surface area contributed by atoms with Gasteiger partial charge < -0.3 is 10.2 Å². The fourth-order valence-electron chi connectivity index (χ4n) is 3.72. The van der Waals surface area contributed by atoms with Crippen LogP contribution in [0.4, 0.5) is 0 Å². The molecule has 134 valence electrons. The summed E-state index contributed by atoms with van der Waals surface area (Å²) in [5.41, 5.74) is 2.58. The normalized spacial score (nSPS) is 20.3. The van der Waals surface area contributed by atoms with Crippen LogP contribution in [0.5, 0.6) is 0 Å². The summed E-state index contributed by atoms with van der Waals surface area (Å²) < 4.78 is 0. The molecule has 1 atom stereocenters. The van der Waals surface area contributed by atoms with Gasteiger partial charge in [-0.25, -0.2) is 0 Å². The van der Waals surface area contributed by atoms with E-state index in [4.69, 9.17) is 0 Å². The van der Waals surface area contributed by atoms with Crippen molar-refractivity contribution in [3.05, 3.63) is 47.0 Å². The summed E-state index contributed by atoms with van der Waals surface area (Å²) in [6, 6.07) is 6.97. The van der Waals surface area contributed by atoms with Gasteiger partial charge in [-0.15, -0.1) is 0 Å². The van der Waals surface area contributed by atoms with Gasteiger partial charge in [-0.1, -0.05) is 29.8 Å². The van der Waals surface area contributed by atoms with E-state index in [2.05, 4.69) is 11.4 Å². The maximum Gasteiger partial charge on any atom is 0.255 e. The molecule has 1 aliphatic carbocycles. The second-order valence-corrected chi connectivity index (χ2v) is 8.09. The first-order chi connectivity index (χ1) is 11.9. The number of fused-ring (bicyclic) bond motifs is 1. The van der Waals surface area contributed by atoms with Crippen molar-refractivity contribution in [3.63, 3.8) is 0 Å². The van der Waals surface area contributed by atoms with Crippen LogP contribution in [-0.4, -0.2) is 28.8 Å². The number of allylic oxidation sites excluding steroid dienone is 1. The molecule has 0 bridgehead atoms. The monoisotopic (exact) mass is 340 g/mol. The molecule has 2 aliphatic rings. The van der Waals surface area contributed by atoms with Crippen molar-refractivity contribution in [3.8, 4) is 0 Å². The predicted molar refractivity (Wildman–Crippen MR) is 99.3 cm³/mol. The first-order valence-electron chi connectivity index (χ1n) is 9.27. The number of rotatable bonds is 4. The van der Waals surface area contributed by atoms with E-state index < -0.39 is 6.04 Å². The van der Waals surface area contributed by atoms with E-state index in [0.717, 1.165) is 24.8 Å². The van der Waals surface area contributed by atoms with Crippen LogP contribution in [0.3, 0.4) is 0 Å². The maximum absolute atomic E-state index is 12.9. The zero-order chi connectivity index (χ0) is 18.0. The molecule has 1 aromatic carbocycles. The molecule has 4 nitrogen and oxygen atoms in total. The highest BCUT2D eigenvalue weighted by Gasteiger charge is 2.41. The van der Waals surface area contributed by atoms with Gasteiger partial charge in [-0.3, -0.25) is 9.59 Å². The number of hydrogen-bond donors (Lipinski definition) is 1. The van der Waals surface area contributed by atoms with E-state index >= 15 is 0 Å². The lowest BCUT2D eigenvalue weighted by Crippen LogP contribution is -2.47. The van der Waals surface area contributed by atoms with E-state index in [1.807, 2.05) is 45.0 Å². The smallest absolute Gasteiger partial charge is 0.255 e. The summed E-state index contributed by atoms with van der Waals surface area (Å²) in [5, 5.41) is 3.04. The first-order valence-corrected chi connectivity index (χ1v) is 9.27. The predicted octanol–water partition coefficient (Wildman–Crippen LogP) is 3.99. The van der Waals surface area contributed by atoms with E-state index in [1.165, 1.54) is 18.4 Å². The van der Waals surface area contributed by atoms with Crippen LogP contribution in [0, 0.1) is 0 Å². The number of nitrogens with zero attached hydrogens (tertiary/aromatic N) is 1. The highest BCUT2D eigenvalue weighted by Crippen LogP contribution is 2.35. The van der Waals surface area contributed by atoms with Gasteiger partial charge in [0, 0.05) is 17.6 Å². The Morgan fingerprint density at radius 2 is 2.00 bits per heavy atom. The second kappa shape index (κ2) is 7.03. The van der Waals surface area contributed by atoms with Crippen molar-refractivity contribution >= 4 is 11.8 Å². The molecule has 2 amide bonds. The molecule has 4 heteroatoms. The summed E-state index contributed by atoms with van der Waals surface area (Å²) >= 11 is 0. The molecule has 1 aliphatic heterocycles. The number of nitrogens with one attached hydrogen (secondary N) is 1. The van der Waals surface area contributed by atoms with E-state index in [1.54, 1.807) is 4.90 Å². The average Bonchev–Trinajstić information content (AvgIpc) is 2.85. The fourth-order valence-corrected chi connectivity index (χ4v) is 3.72. The van der Waals surface area contributed by atoms with Gasteiger partial charge in [0.15, 0.2) is 0 Å². The Morgan fingerprint density at radius 1 is 1.24 bits per heavy atom. The van der Waals surface area contributed by atoms with Crippen LogP contribution in [0.25, 0.3) is 0 Å². The SMILES string of the molecule is CC(C)(C)NC(=O)C1c2ccccc2C(=O)N1CCC1=CCCCC1. The summed E-state index contributed by atoms with van der Waals surface area (Å²) in [7, 11) is 0. The number of amides is 2. The zero-order valence-corrected chi connectivity index (χ0v) is 15.5. The van der Waals surface area contributed by atoms with Gasteiger partial charge in [-0.2, -0.15) is 0 Å². The third-order valence-electron chi connectivity index (χ3n) is 4.86. The van der Waals surface area contributed by atoms with Gasteiger partial charge in [0.1, 0.15) is 6.04 Å². The molecular formula is C21H28N2O2. The molecule has 0 saturated heterocycles. The van der Waals surface area contributed by atoms with Crippen LogP contribution < -0.4 is 5.32 Å². The van der Waals surface area contributed by atoms with Crippen LogP contribution in [0.1, 0.15) is 74.8 Å². The Kier molecular flexibility index (Phi) is 4.98. The van der Waals surface area contributed by atoms with Crippen LogP contribution in [-0.2, 0) is 4.79 Å². The Morgan fingerprint density at radius 3 is 2.68 bits per heavy atom. The van der Waals surface area contributed by atoms with E-state index in [0.29, 0.717) is 12.1 Å². The topological polar surface area (TPSA) is 49.4 Å². The molecular weight excluding hydrogens is 312 g/mol. The molecule has 0 radical (unpaired) electrons. The minimum atomic E-state index is -0.521. The lowest BCUT2D eigenvalue weighted by atomic mass is 9.97. The van der Waals surface area contributed by atoms with E-state index in [-0.39, 0.29) is 17.4 Å². The van der Waals surface area contributed by atoms with Crippen molar-refractivity contribution in [2.45, 2.75) is 64.5 Å². The molecule has 0 spiro atoms. The Bertz CT molecular complexity index is 700. The molecule has 3 rings (SSSR count). The molecule has 1 aromatic rings. The lowest BCUT2D eigenvalue weighted by molar-refractivity contribution is -0.127. The van der Waals surface area contributed by atoms with Gasteiger partial charge in [0.25, 0.3) is 5.91 Å². The third kappa shape index (κ3) is 3.94. The van der Waals surface area contributed by atoms with Gasteiger partial charge >= 0.3 is 0 Å². The lowest BCUT2D eigenvalue weighted by Gasteiger charge is -2.29. The maximum atomic E-state index is 12.9. The minimum Gasteiger partial charge on any atom is -0.349 e. The quantitative estimate of drug-likeness (QED) is 0.843. The number of carbonyl (C=O) groups excluding carboxylic acids is 2. The van der Waals surface area contributed by atoms with Crippen molar-refractivity contribution in [2.24, 2.45) is 0 Å². The molecule has 1 unspecified atom stereocenters. The first kappa shape index (κ1) is 17.7. The van der Waals surface area contributed by atoms with Crippen molar-refractivity contribution in [2.75, 3.05) is 6.54 Å². The molecule has 1 N–H and O–H groups in total. The number of carbonyl (C=O) groups is 2. The summed E-state index contributed by atoms with van der Waals surface area (Å²) in [6.07, 6.45) is 7.91. The summed E-state index contributed by atoms with van der Waals surface area (Å²) in [5.74, 6) is -0.121. The average molecular weight is 340 g/mol. The highest BCUT2D eigenvalue weighted by atomic mass is 16.2. The molecule has 25 heavy (non-hydrogen) atoms. The van der Waals surface area contributed by atoms with Crippen LogP contribution >= 0.6 is 0 Å². The largest absolute Gasteiger partial charge is 0.349 e. The minimum absolute atomic E-state index is 0.0268. The van der Waals surface area contributed by atoms with Crippen LogP contribution in [0.15, 0.2) is 35.9 Å². The van der Waals surface area contributed by atoms with Gasteiger partial charge in [0.2, 0.25) is 5.91 Å². The Labute approximate surface area is 150 Å². The standard InChI is InChI=1S/C21H28N2O2/c1-21(2,3)22-19(24)18-16-11-7-8-12-17(16)20(25)23(18)14-13-15-9-5-4-6-10-15/h7-9,11-12,18H,4-6,10,13-14H2,1-3H3,(H,22,24). The fraction of sp³-hybridized carbons (Fsp3) is 0.524. The van der Waals surface area contributed by atoms with Crippen molar-refractivity contribution in [1.82, 2.24) is 10.2 Å². The number of hydrogen-bond acceptors (Lipinski definition) is 2. The summed E-state index contributed by atoms with van der Waals surface area (Å²) in [4.78, 5) is 27.5. The Balaban J connectivity index is 1.83. The number of benzene rings is 1. The molecule has 0 aromatic heterocycles.